The van der Waals surface area contributed by atoms with Crippen LogP contribution in [0, 0.1) is 5.82 Å². The molecule has 0 aliphatic rings. The molecule has 0 atom stereocenters. The number of carbonyl (C=O) groups excluding carboxylic acids is 2. The maximum Gasteiger partial charge on any atom is 0.253 e. The summed E-state index contributed by atoms with van der Waals surface area (Å²) in [7, 11) is 1.58. The van der Waals surface area contributed by atoms with Crippen molar-refractivity contribution in [1.29, 1.82) is 0 Å². The van der Waals surface area contributed by atoms with Gasteiger partial charge in [-0.1, -0.05) is 0 Å². The van der Waals surface area contributed by atoms with E-state index in [1.54, 1.807) is 48.6 Å². The lowest BCUT2D eigenvalue weighted by Gasteiger charge is -2.12. The number of pyridine rings is 1. The summed E-state index contributed by atoms with van der Waals surface area (Å²) in [4.78, 5) is 37.9. The summed E-state index contributed by atoms with van der Waals surface area (Å²) in [6.45, 7) is 1.62. The maximum atomic E-state index is 13.2. The molecule has 3 aromatic heterocycles. The fourth-order valence-electron chi connectivity index (χ4n) is 2.94. The van der Waals surface area contributed by atoms with Crippen molar-refractivity contribution in [3.8, 4) is 5.69 Å². The third-order valence-corrected chi connectivity index (χ3v) is 4.73. The Hall–Kier alpha value is -4.21. The third-order valence-electron chi connectivity index (χ3n) is 4.73. The Morgan fingerprint density at radius 1 is 1.06 bits per heavy atom. The second-order valence-corrected chi connectivity index (χ2v) is 6.80. The predicted octanol–water partition coefficient (Wildman–Crippen LogP) is 2.26. The smallest absolute Gasteiger partial charge is 0.253 e. The van der Waals surface area contributed by atoms with Gasteiger partial charge in [0.2, 0.25) is 11.9 Å². The molecule has 31 heavy (non-hydrogen) atoms. The monoisotopic (exact) mass is 419 g/mol. The molecule has 1 N–H and O–H groups in total. The van der Waals surface area contributed by atoms with E-state index in [0.717, 1.165) is 0 Å². The summed E-state index contributed by atoms with van der Waals surface area (Å²) in [5, 5.41) is 7.75. The van der Waals surface area contributed by atoms with Crippen LogP contribution in [0.15, 0.2) is 55.2 Å². The molecule has 9 nitrogen and oxygen atoms in total. The molecule has 0 spiro atoms. The zero-order valence-corrected chi connectivity index (χ0v) is 16.8. The lowest BCUT2D eigenvalue weighted by Crippen LogP contribution is -2.26. The van der Waals surface area contributed by atoms with Gasteiger partial charge in [0.25, 0.3) is 5.91 Å². The van der Waals surface area contributed by atoms with Gasteiger partial charge >= 0.3 is 0 Å². The number of nitrogens with zero attached hydrogens (tertiary/aromatic N) is 6. The number of nitrogens with one attached hydrogen (secondary N) is 1. The summed E-state index contributed by atoms with van der Waals surface area (Å²) in [6.07, 6.45) is 7.74. The van der Waals surface area contributed by atoms with E-state index >= 15 is 0 Å². The Labute approximate surface area is 176 Å². The molecule has 4 rings (SSSR count). The van der Waals surface area contributed by atoms with Crippen molar-refractivity contribution >= 4 is 28.7 Å². The Kier molecular flexibility index (Phi) is 5.35. The number of fused-ring (bicyclic) bond motifs is 1. The highest BCUT2D eigenvalue weighted by atomic mass is 19.1. The maximum absolute atomic E-state index is 13.2. The quantitative estimate of drug-likeness (QED) is 0.532. The molecule has 156 valence electrons. The first kappa shape index (κ1) is 20.1. The molecule has 0 aliphatic carbocycles. The largest absolute Gasteiger partial charge is 0.348 e. The van der Waals surface area contributed by atoms with E-state index in [1.165, 1.54) is 30.2 Å². The van der Waals surface area contributed by atoms with Gasteiger partial charge in [0, 0.05) is 50.1 Å². The molecule has 0 saturated heterocycles. The van der Waals surface area contributed by atoms with E-state index in [9.17, 15) is 14.0 Å². The minimum atomic E-state index is -0.344. The molecule has 0 aliphatic heterocycles. The standard InChI is InChI=1S/C21H18FN7O2/c1-13(30)28(2)21-25-8-14(9-26-21)7-24-20(31)18-10-23-12-19-17(18)11-27-29(19)16-5-3-15(22)4-6-16/h3-6,8-12H,7H2,1-2H3,(H,24,31). The molecule has 1 aromatic carbocycles. The van der Waals surface area contributed by atoms with Crippen LogP contribution in [-0.4, -0.2) is 43.6 Å². The molecule has 2 amide bonds. The van der Waals surface area contributed by atoms with E-state index < -0.39 is 0 Å². The van der Waals surface area contributed by atoms with E-state index in [-0.39, 0.29) is 30.1 Å². The predicted molar refractivity (Wildman–Crippen MR) is 111 cm³/mol. The average molecular weight is 419 g/mol. The Morgan fingerprint density at radius 3 is 2.45 bits per heavy atom. The van der Waals surface area contributed by atoms with Crippen LogP contribution < -0.4 is 10.2 Å². The topological polar surface area (TPSA) is 106 Å². The molecular weight excluding hydrogens is 401 g/mol. The molecule has 0 fully saturated rings. The number of hydrogen-bond donors (Lipinski definition) is 1. The van der Waals surface area contributed by atoms with Gasteiger partial charge in [0.05, 0.1) is 29.2 Å². The van der Waals surface area contributed by atoms with Gasteiger partial charge in [-0.25, -0.2) is 19.0 Å². The molecule has 0 bridgehead atoms. The highest BCUT2D eigenvalue weighted by molar-refractivity contribution is 6.05. The van der Waals surface area contributed by atoms with Gasteiger partial charge in [-0.3, -0.25) is 19.5 Å². The molecule has 10 heteroatoms. The number of aromatic nitrogens is 5. The normalized spacial score (nSPS) is 10.8. The first-order valence-electron chi connectivity index (χ1n) is 9.35. The summed E-state index contributed by atoms with van der Waals surface area (Å²) in [6, 6.07) is 5.88. The van der Waals surface area contributed by atoms with Crippen LogP contribution in [0.3, 0.4) is 0 Å². The summed E-state index contributed by atoms with van der Waals surface area (Å²) in [5.74, 6) is -0.572. The molecule has 3 heterocycles. The fraction of sp³-hybridized carbons (Fsp3) is 0.143. The SMILES string of the molecule is CC(=O)N(C)c1ncc(CNC(=O)c2cncc3c2cnn3-c2ccc(F)cc2)cn1. The fourth-order valence-corrected chi connectivity index (χ4v) is 2.94. The van der Waals surface area contributed by atoms with Crippen LogP contribution >= 0.6 is 0 Å². The van der Waals surface area contributed by atoms with E-state index in [0.29, 0.717) is 27.7 Å². The number of halogens is 1. The summed E-state index contributed by atoms with van der Waals surface area (Å²) in [5.41, 5.74) is 2.32. The molecule has 0 saturated carbocycles. The lowest BCUT2D eigenvalue weighted by atomic mass is 10.1. The van der Waals surface area contributed by atoms with Crippen LogP contribution in [0.1, 0.15) is 22.8 Å². The zero-order chi connectivity index (χ0) is 22.0. The Bertz CT molecular complexity index is 1250. The number of amides is 2. The van der Waals surface area contributed by atoms with Crippen molar-refractivity contribution in [3.63, 3.8) is 0 Å². The van der Waals surface area contributed by atoms with E-state index in [4.69, 9.17) is 0 Å². The van der Waals surface area contributed by atoms with E-state index in [2.05, 4.69) is 25.4 Å². The Balaban J connectivity index is 1.52. The summed E-state index contributed by atoms with van der Waals surface area (Å²) < 4.78 is 14.8. The molecule has 0 unspecified atom stereocenters. The van der Waals surface area contributed by atoms with Gasteiger partial charge in [-0.15, -0.1) is 0 Å². The van der Waals surface area contributed by atoms with Crippen molar-refractivity contribution < 1.29 is 14.0 Å². The van der Waals surface area contributed by atoms with Crippen LogP contribution in [-0.2, 0) is 11.3 Å². The average Bonchev–Trinajstić information content (AvgIpc) is 3.22. The highest BCUT2D eigenvalue weighted by Crippen LogP contribution is 2.21. The van der Waals surface area contributed by atoms with Crippen LogP contribution in [0.4, 0.5) is 10.3 Å². The number of benzene rings is 1. The first-order valence-corrected chi connectivity index (χ1v) is 9.35. The first-order chi connectivity index (χ1) is 14.9. The number of anilines is 1. The second kappa shape index (κ2) is 8.27. The van der Waals surface area contributed by atoms with Gasteiger partial charge in [0.15, 0.2) is 0 Å². The summed E-state index contributed by atoms with van der Waals surface area (Å²) >= 11 is 0. The van der Waals surface area contributed by atoms with Crippen molar-refractivity contribution in [3.05, 3.63) is 72.2 Å². The van der Waals surface area contributed by atoms with Gasteiger partial charge in [0.1, 0.15) is 5.82 Å². The van der Waals surface area contributed by atoms with E-state index in [1.807, 2.05) is 0 Å². The van der Waals surface area contributed by atoms with Crippen LogP contribution in [0.2, 0.25) is 0 Å². The van der Waals surface area contributed by atoms with Crippen molar-refractivity contribution in [2.75, 3.05) is 11.9 Å². The minimum absolute atomic E-state index is 0.178. The van der Waals surface area contributed by atoms with Crippen LogP contribution in [0.5, 0.6) is 0 Å². The van der Waals surface area contributed by atoms with Crippen molar-refractivity contribution in [2.24, 2.45) is 0 Å². The third kappa shape index (κ3) is 4.08. The number of rotatable bonds is 5. The van der Waals surface area contributed by atoms with Gasteiger partial charge in [-0.05, 0) is 24.3 Å². The van der Waals surface area contributed by atoms with Gasteiger partial charge in [-0.2, -0.15) is 5.10 Å². The van der Waals surface area contributed by atoms with Crippen LogP contribution in [0.25, 0.3) is 16.6 Å². The highest BCUT2D eigenvalue weighted by Gasteiger charge is 2.15. The van der Waals surface area contributed by atoms with Gasteiger partial charge < -0.3 is 5.32 Å². The minimum Gasteiger partial charge on any atom is -0.348 e. The Morgan fingerprint density at radius 2 is 1.77 bits per heavy atom. The molecule has 4 aromatic rings. The number of hydrogen-bond acceptors (Lipinski definition) is 6. The number of carbonyl (C=O) groups is 2. The van der Waals surface area contributed by atoms with Crippen molar-refractivity contribution in [1.82, 2.24) is 30.0 Å². The lowest BCUT2D eigenvalue weighted by molar-refractivity contribution is -0.116. The molecular formula is C21H18FN7O2. The van der Waals surface area contributed by atoms with Crippen molar-refractivity contribution in [2.45, 2.75) is 13.5 Å². The zero-order valence-electron chi connectivity index (χ0n) is 16.8. The second-order valence-electron chi connectivity index (χ2n) is 6.80. The molecule has 0 radical (unpaired) electrons.